The maximum atomic E-state index is 13.7. The first-order valence-electron chi connectivity index (χ1n) is 13.0. The number of aromatic nitrogens is 4. The summed E-state index contributed by atoms with van der Waals surface area (Å²) in [5, 5.41) is 6.95. The maximum absolute atomic E-state index is 13.7. The van der Waals surface area contributed by atoms with Crippen molar-refractivity contribution in [3.63, 3.8) is 0 Å². The zero-order chi connectivity index (χ0) is 26.6. The summed E-state index contributed by atoms with van der Waals surface area (Å²) in [5.74, 6) is 4.29. The number of nitrogens with one attached hydrogen (secondary N) is 2. The van der Waals surface area contributed by atoms with Gasteiger partial charge in [0.25, 0.3) is 0 Å². The molecule has 0 spiro atoms. The second-order valence-corrected chi connectivity index (χ2v) is 10.8. The van der Waals surface area contributed by atoms with Crippen LogP contribution in [0.2, 0.25) is 0 Å². The molecule has 38 heavy (non-hydrogen) atoms. The zero-order valence-electron chi connectivity index (χ0n) is 22.4. The maximum Gasteiger partial charge on any atom is 0.227 e. The molecule has 3 aliphatic rings. The van der Waals surface area contributed by atoms with E-state index >= 15 is 0 Å². The van der Waals surface area contributed by atoms with Crippen LogP contribution in [-0.4, -0.2) is 59.8 Å². The first-order chi connectivity index (χ1) is 18.3. The molecule has 0 amide bonds. The van der Waals surface area contributed by atoms with Gasteiger partial charge in [-0.15, -0.1) is 0 Å². The van der Waals surface area contributed by atoms with E-state index in [0.29, 0.717) is 23.7 Å². The first-order valence-corrected chi connectivity index (χ1v) is 13.0. The van der Waals surface area contributed by atoms with E-state index in [4.69, 9.17) is 14.7 Å². The predicted molar refractivity (Wildman–Crippen MR) is 147 cm³/mol. The molecule has 4 heterocycles. The molecule has 2 aliphatic heterocycles. The second-order valence-electron chi connectivity index (χ2n) is 10.8. The number of rotatable bonds is 6. The number of allylic oxidation sites excluding steroid dienone is 1. The van der Waals surface area contributed by atoms with Crippen molar-refractivity contribution >= 4 is 29.1 Å². The molecular weight excluding hydrogens is 483 g/mol. The van der Waals surface area contributed by atoms with E-state index in [0.717, 1.165) is 48.3 Å². The van der Waals surface area contributed by atoms with Crippen LogP contribution in [0.1, 0.15) is 26.3 Å². The number of anilines is 5. The Bertz CT molecular complexity index is 1390. The fourth-order valence-electron chi connectivity index (χ4n) is 6.30. The quantitative estimate of drug-likeness (QED) is 0.463. The Morgan fingerprint density at radius 1 is 1.13 bits per heavy atom. The summed E-state index contributed by atoms with van der Waals surface area (Å²) in [6.45, 7) is 8.98. The summed E-state index contributed by atoms with van der Waals surface area (Å²) in [4.78, 5) is 23.0. The molecule has 1 saturated carbocycles. The summed E-state index contributed by atoms with van der Waals surface area (Å²) in [6.07, 6.45) is 3.76. The van der Waals surface area contributed by atoms with Gasteiger partial charge in [-0.05, 0) is 36.8 Å². The Morgan fingerprint density at radius 2 is 1.92 bits per heavy atom. The minimum atomic E-state index is -0.252. The van der Waals surface area contributed by atoms with Crippen molar-refractivity contribution in [3.8, 4) is 5.88 Å². The van der Waals surface area contributed by atoms with E-state index in [1.54, 1.807) is 25.6 Å². The molecule has 2 N–H and O–H groups in total. The van der Waals surface area contributed by atoms with Gasteiger partial charge < -0.3 is 25.2 Å². The molecule has 0 bridgehead atoms. The van der Waals surface area contributed by atoms with Crippen molar-refractivity contribution in [2.45, 2.75) is 32.2 Å². The number of hydrogen-bond acceptors (Lipinski definition) is 9. The lowest BCUT2D eigenvalue weighted by atomic mass is 9.67. The van der Waals surface area contributed by atoms with Crippen LogP contribution in [0.4, 0.5) is 33.5 Å². The van der Waals surface area contributed by atoms with Crippen LogP contribution in [0.25, 0.3) is 0 Å². The van der Waals surface area contributed by atoms with Crippen molar-refractivity contribution < 1.29 is 9.13 Å². The van der Waals surface area contributed by atoms with Crippen LogP contribution in [0, 0.1) is 17.7 Å². The van der Waals surface area contributed by atoms with Gasteiger partial charge in [-0.2, -0.15) is 9.97 Å². The van der Waals surface area contributed by atoms with Crippen molar-refractivity contribution in [3.05, 3.63) is 59.7 Å². The number of fused-ring (bicyclic) bond motifs is 2. The molecule has 3 unspecified atom stereocenters. The molecule has 3 atom stereocenters. The lowest BCUT2D eigenvalue weighted by Crippen LogP contribution is -2.48. The van der Waals surface area contributed by atoms with Crippen LogP contribution in [-0.2, 0) is 5.41 Å². The van der Waals surface area contributed by atoms with E-state index in [9.17, 15) is 4.39 Å². The fourth-order valence-corrected chi connectivity index (χ4v) is 6.30. The molecule has 1 aliphatic carbocycles. The highest BCUT2D eigenvalue weighted by atomic mass is 19.1. The van der Waals surface area contributed by atoms with Gasteiger partial charge in [-0.25, -0.2) is 14.4 Å². The van der Waals surface area contributed by atoms with Gasteiger partial charge in [0, 0.05) is 61.2 Å². The van der Waals surface area contributed by atoms with E-state index in [2.05, 4.69) is 57.2 Å². The molecule has 10 heteroatoms. The summed E-state index contributed by atoms with van der Waals surface area (Å²) in [5.41, 5.74) is 3.16. The molecule has 2 aromatic heterocycles. The van der Waals surface area contributed by atoms with E-state index in [1.807, 2.05) is 13.1 Å². The Balaban J connectivity index is 1.30. The minimum Gasteiger partial charge on any atom is -0.481 e. The van der Waals surface area contributed by atoms with Crippen molar-refractivity contribution in [2.75, 3.05) is 54.2 Å². The van der Waals surface area contributed by atoms with Crippen LogP contribution in [0.5, 0.6) is 5.88 Å². The number of ether oxygens (including phenoxy) is 1. The molecule has 1 aromatic carbocycles. The largest absolute Gasteiger partial charge is 0.481 e. The van der Waals surface area contributed by atoms with Gasteiger partial charge in [-0.3, -0.25) is 0 Å². The van der Waals surface area contributed by atoms with E-state index in [-0.39, 0.29) is 17.3 Å². The molecule has 0 radical (unpaired) electrons. The van der Waals surface area contributed by atoms with Gasteiger partial charge in [0.2, 0.25) is 11.8 Å². The zero-order valence-corrected chi connectivity index (χ0v) is 22.4. The lowest BCUT2D eigenvalue weighted by Gasteiger charge is -2.43. The van der Waals surface area contributed by atoms with Gasteiger partial charge in [0.1, 0.15) is 29.6 Å². The fraction of sp³-hybridized carbons (Fsp3) is 0.429. The topological polar surface area (TPSA) is 91.3 Å². The van der Waals surface area contributed by atoms with Crippen LogP contribution >= 0.6 is 0 Å². The monoisotopic (exact) mass is 516 g/mol. The third kappa shape index (κ3) is 3.90. The number of nitrogens with zero attached hydrogens (tertiary/aromatic N) is 6. The minimum absolute atomic E-state index is 0.134. The average Bonchev–Trinajstić information content (AvgIpc) is 3.43. The number of benzene rings is 1. The summed E-state index contributed by atoms with van der Waals surface area (Å²) in [7, 11) is 3.51. The molecule has 6 rings (SSSR count). The molecule has 2 fully saturated rings. The van der Waals surface area contributed by atoms with E-state index in [1.165, 1.54) is 17.7 Å². The van der Waals surface area contributed by atoms with Crippen LogP contribution in [0.15, 0.2) is 48.3 Å². The Labute approximate surface area is 222 Å². The standard InChI is InChI=1S/C28H33FN8O/c1-6-18-19-12-36(21-11-22(38-5)32-15-31-21)13-20(19)24(18)33-27-34-25(30-4)23-26(35-27)37(14-28(23,2)3)17-9-7-16(29)8-10-17/h6-11,15,19-20,24H,12-14H2,1-5H3,(H2,30,33,34,35)/b18-6+. The Kier molecular flexibility index (Phi) is 5.85. The highest BCUT2D eigenvalue weighted by Crippen LogP contribution is 2.49. The molecular formula is C28H33FN8O. The van der Waals surface area contributed by atoms with Crippen molar-refractivity contribution in [1.29, 1.82) is 0 Å². The van der Waals surface area contributed by atoms with Gasteiger partial charge in [-0.1, -0.05) is 19.9 Å². The number of hydrogen-bond donors (Lipinski definition) is 2. The Morgan fingerprint density at radius 3 is 2.63 bits per heavy atom. The molecule has 198 valence electrons. The van der Waals surface area contributed by atoms with Crippen molar-refractivity contribution in [2.24, 2.45) is 11.8 Å². The number of halogens is 1. The third-order valence-corrected chi connectivity index (χ3v) is 8.11. The molecule has 9 nitrogen and oxygen atoms in total. The van der Waals surface area contributed by atoms with Gasteiger partial charge >= 0.3 is 0 Å². The smallest absolute Gasteiger partial charge is 0.227 e. The molecule has 3 aromatic rings. The second kappa shape index (κ2) is 9.11. The molecule has 1 saturated heterocycles. The normalized spacial score (nSPS) is 24.2. The summed E-state index contributed by atoms with van der Waals surface area (Å²) in [6, 6.07) is 8.61. The summed E-state index contributed by atoms with van der Waals surface area (Å²) < 4.78 is 19.0. The number of methoxy groups -OCH3 is 1. The lowest BCUT2D eigenvalue weighted by molar-refractivity contribution is 0.318. The van der Waals surface area contributed by atoms with E-state index < -0.39 is 0 Å². The van der Waals surface area contributed by atoms with Gasteiger partial charge in [0.15, 0.2) is 0 Å². The predicted octanol–water partition coefficient (Wildman–Crippen LogP) is 4.38. The first kappa shape index (κ1) is 24.4. The third-order valence-electron chi connectivity index (χ3n) is 8.11. The van der Waals surface area contributed by atoms with Crippen LogP contribution in [0.3, 0.4) is 0 Å². The average molecular weight is 517 g/mol. The highest BCUT2D eigenvalue weighted by molar-refractivity contribution is 5.76. The Hall–Kier alpha value is -3.95. The van der Waals surface area contributed by atoms with Crippen LogP contribution < -0.4 is 25.2 Å². The summed E-state index contributed by atoms with van der Waals surface area (Å²) >= 11 is 0. The highest BCUT2D eigenvalue weighted by Gasteiger charge is 2.51. The SMILES string of the molecule is C/C=C1\C2CN(c3cc(OC)ncn3)CC2C1Nc1nc(NC)c2c(n1)N(c1ccc(F)cc1)CC2(C)C. The van der Waals surface area contributed by atoms with Crippen molar-refractivity contribution in [1.82, 2.24) is 19.9 Å². The van der Waals surface area contributed by atoms with Gasteiger partial charge in [0.05, 0.1) is 13.2 Å².